The molecule has 82 valence electrons. The highest BCUT2D eigenvalue weighted by molar-refractivity contribution is 5.27. The van der Waals surface area contributed by atoms with Gasteiger partial charge in [0.25, 0.3) is 0 Å². The molecule has 0 aromatic heterocycles. The Labute approximate surface area is 89.5 Å². The minimum absolute atomic E-state index is 0.552. The third-order valence-electron chi connectivity index (χ3n) is 6.60. The van der Waals surface area contributed by atoms with Gasteiger partial charge >= 0.3 is 0 Å². The van der Waals surface area contributed by atoms with Crippen LogP contribution in [0.1, 0.15) is 54.9 Å². The zero-order valence-electron chi connectivity index (χ0n) is 10.9. The van der Waals surface area contributed by atoms with E-state index in [2.05, 4.69) is 48.5 Å². The van der Waals surface area contributed by atoms with Gasteiger partial charge < -0.3 is 0 Å². The average molecular weight is 194 g/mol. The molecule has 0 aromatic rings. The van der Waals surface area contributed by atoms with Crippen LogP contribution < -0.4 is 0 Å². The molecule has 0 N–H and O–H groups in total. The van der Waals surface area contributed by atoms with Gasteiger partial charge in [0.2, 0.25) is 0 Å². The Kier molecular flexibility index (Phi) is 1.79. The van der Waals surface area contributed by atoms with Crippen LogP contribution in [0, 0.1) is 34.0 Å². The summed E-state index contributed by atoms with van der Waals surface area (Å²) in [5.41, 5.74) is 1.82. The maximum atomic E-state index is 2.49. The van der Waals surface area contributed by atoms with Gasteiger partial charge in [-0.05, 0) is 40.4 Å². The molecule has 0 radical (unpaired) electrons. The van der Waals surface area contributed by atoms with Crippen LogP contribution >= 0.6 is 0 Å². The first-order chi connectivity index (χ1) is 6.24. The molecule has 2 aliphatic carbocycles. The fourth-order valence-corrected chi connectivity index (χ4v) is 5.30. The van der Waals surface area contributed by atoms with Crippen LogP contribution in [0.25, 0.3) is 0 Å². The van der Waals surface area contributed by atoms with Crippen LogP contribution in [0.15, 0.2) is 0 Å². The van der Waals surface area contributed by atoms with Gasteiger partial charge in [-0.3, -0.25) is 0 Å². The van der Waals surface area contributed by atoms with Crippen molar-refractivity contribution in [3.05, 3.63) is 0 Å². The van der Waals surface area contributed by atoms with E-state index < -0.39 is 0 Å². The Morgan fingerprint density at radius 3 is 1.79 bits per heavy atom. The summed E-state index contributed by atoms with van der Waals surface area (Å²) in [6.45, 7) is 17.3. The molecule has 2 aliphatic rings. The number of rotatable bonds is 1. The molecule has 14 heavy (non-hydrogen) atoms. The van der Waals surface area contributed by atoms with E-state index in [0.29, 0.717) is 16.2 Å². The lowest BCUT2D eigenvalue weighted by atomic mass is 9.66. The summed E-state index contributed by atoms with van der Waals surface area (Å²) in [6, 6.07) is 0. The smallest absolute Gasteiger partial charge is 0.0179 e. The van der Waals surface area contributed by atoms with Crippen LogP contribution in [0.3, 0.4) is 0 Å². The van der Waals surface area contributed by atoms with Gasteiger partial charge in [-0.25, -0.2) is 0 Å². The van der Waals surface area contributed by atoms with Crippen molar-refractivity contribution in [2.45, 2.75) is 54.9 Å². The van der Waals surface area contributed by atoms with Crippen LogP contribution in [-0.4, -0.2) is 0 Å². The van der Waals surface area contributed by atoms with Gasteiger partial charge in [-0.1, -0.05) is 48.5 Å². The largest absolute Gasteiger partial charge is 0.0648 e. The molecule has 0 spiro atoms. The minimum Gasteiger partial charge on any atom is -0.0648 e. The summed E-state index contributed by atoms with van der Waals surface area (Å²) in [5.74, 6) is 2.76. The molecule has 0 aliphatic heterocycles. The molecular formula is C14H26. The van der Waals surface area contributed by atoms with Crippen LogP contribution in [0.5, 0.6) is 0 Å². The molecule has 2 fully saturated rings. The number of hydrogen-bond donors (Lipinski definition) is 0. The molecule has 2 rings (SSSR count). The molecule has 4 atom stereocenters. The minimum atomic E-state index is 0.552. The maximum absolute atomic E-state index is 2.49. The van der Waals surface area contributed by atoms with Gasteiger partial charge in [0.1, 0.15) is 0 Å². The fraction of sp³-hybridized carbons (Fsp3) is 1.00. The molecule has 0 heterocycles. The van der Waals surface area contributed by atoms with E-state index >= 15 is 0 Å². The first kappa shape index (κ1) is 10.5. The van der Waals surface area contributed by atoms with Crippen LogP contribution in [0.2, 0.25) is 0 Å². The molecule has 0 nitrogen and oxygen atoms in total. The fourth-order valence-electron chi connectivity index (χ4n) is 5.30. The van der Waals surface area contributed by atoms with Gasteiger partial charge in [0, 0.05) is 0 Å². The summed E-state index contributed by atoms with van der Waals surface area (Å²) in [4.78, 5) is 0. The maximum Gasteiger partial charge on any atom is -0.0179 e. The standard InChI is InChI=1S/C14H26/c1-8-14-10(3)12(4,5)9(2)11(14)13(14,6)7/h9-11H,8H2,1-7H3. The van der Waals surface area contributed by atoms with Crippen molar-refractivity contribution < 1.29 is 0 Å². The molecule has 0 amide bonds. The van der Waals surface area contributed by atoms with E-state index in [1.54, 1.807) is 0 Å². The summed E-state index contributed by atoms with van der Waals surface area (Å²) in [7, 11) is 0. The first-order valence-electron chi connectivity index (χ1n) is 6.24. The zero-order valence-corrected chi connectivity index (χ0v) is 10.9. The summed E-state index contributed by atoms with van der Waals surface area (Å²) in [6.07, 6.45) is 1.37. The van der Waals surface area contributed by atoms with E-state index in [4.69, 9.17) is 0 Å². The molecule has 0 aromatic carbocycles. The third-order valence-corrected chi connectivity index (χ3v) is 6.60. The quantitative estimate of drug-likeness (QED) is 0.582. The normalized spacial score (nSPS) is 52.9. The van der Waals surface area contributed by atoms with E-state index in [1.165, 1.54) is 6.42 Å². The highest BCUT2D eigenvalue weighted by Gasteiger charge is 2.80. The highest BCUT2D eigenvalue weighted by atomic mass is 14.8. The van der Waals surface area contributed by atoms with E-state index in [-0.39, 0.29) is 0 Å². The molecule has 0 heteroatoms. The molecule has 0 bridgehead atoms. The molecule has 2 saturated carbocycles. The predicted octanol–water partition coefficient (Wildman–Crippen LogP) is 4.35. The Bertz CT molecular complexity index is 257. The lowest BCUT2D eigenvalue weighted by Gasteiger charge is -2.39. The number of hydrogen-bond acceptors (Lipinski definition) is 0. The zero-order chi connectivity index (χ0) is 10.9. The second kappa shape index (κ2) is 2.39. The van der Waals surface area contributed by atoms with Gasteiger partial charge in [0.05, 0.1) is 0 Å². The highest BCUT2D eigenvalue weighted by Crippen LogP contribution is 2.85. The predicted molar refractivity (Wildman–Crippen MR) is 62.1 cm³/mol. The van der Waals surface area contributed by atoms with Gasteiger partial charge in [-0.2, -0.15) is 0 Å². The third kappa shape index (κ3) is 0.750. The lowest BCUT2D eigenvalue weighted by Crippen LogP contribution is -2.32. The van der Waals surface area contributed by atoms with Gasteiger partial charge in [-0.15, -0.1) is 0 Å². The lowest BCUT2D eigenvalue weighted by molar-refractivity contribution is 0.0933. The second-order valence-electron chi connectivity index (χ2n) is 6.93. The SMILES string of the molecule is CCC12C(C)C(C)(C)C(C)C1C2(C)C. The Morgan fingerprint density at radius 2 is 1.50 bits per heavy atom. The van der Waals surface area contributed by atoms with E-state index in [1.807, 2.05) is 0 Å². The van der Waals surface area contributed by atoms with Crippen molar-refractivity contribution in [3.8, 4) is 0 Å². The summed E-state index contributed by atoms with van der Waals surface area (Å²) < 4.78 is 0. The Hall–Kier alpha value is 0. The average Bonchev–Trinajstić information content (AvgIpc) is 2.53. The summed E-state index contributed by atoms with van der Waals surface area (Å²) >= 11 is 0. The van der Waals surface area contributed by atoms with Crippen molar-refractivity contribution >= 4 is 0 Å². The monoisotopic (exact) mass is 194 g/mol. The number of fused-ring (bicyclic) bond motifs is 1. The topological polar surface area (TPSA) is 0 Å². The molecular weight excluding hydrogens is 168 g/mol. The van der Waals surface area contributed by atoms with Crippen LogP contribution in [-0.2, 0) is 0 Å². The van der Waals surface area contributed by atoms with E-state index in [9.17, 15) is 0 Å². The molecule has 4 unspecified atom stereocenters. The Balaban J connectivity index is 2.42. The Morgan fingerprint density at radius 1 is 1.00 bits per heavy atom. The van der Waals surface area contributed by atoms with Crippen LogP contribution in [0.4, 0.5) is 0 Å². The molecule has 0 saturated heterocycles. The van der Waals surface area contributed by atoms with Crippen molar-refractivity contribution in [1.82, 2.24) is 0 Å². The van der Waals surface area contributed by atoms with Crippen molar-refractivity contribution in [2.75, 3.05) is 0 Å². The van der Waals surface area contributed by atoms with Crippen molar-refractivity contribution in [2.24, 2.45) is 34.0 Å². The van der Waals surface area contributed by atoms with Crippen molar-refractivity contribution in [1.29, 1.82) is 0 Å². The van der Waals surface area contributed by atoms with Crippen molar-refractivity contribution in [3.63, 3.8) is 0 Å². The van der Waals surface area contributed by atoms with Gasteiger partial charge in [0.15, 0.2) is 0 Å². The summed E-state index contributed by atoms with van der Waals surface area (Å²) in [5, 5.41) is 0. The second-order valence-corrected chi connectivity index (χ2v) is 6.93. The van der Waals surface area contributed by atoms with E-state index in [0.717, 1.165) is 17.8 Å². The first-order valence-corrected chi connectivity index (χ1v) is 6.24.